The van der Waals surface area contributed by atoms with Gasteiger partial charge in [0.1, 0.15) is 0 Å². The number of benzene rings is 6. The number of nitrogen functional groups attached to an aromatic ring is 1. The molecule has 1 nitrogen and oxygen atoms in total. The Kier molecular flexibility index (Phi) is 2.81. The highest BCUT2D eigenvalue weighted by molar-refractivity contribution is 6.33. The van der Waals surface area contributed by atoms with E-state index in [1.54, 1.807) is 0 Å². The predicted molar refractivity (Wildman–Crippen MR) is 118 cm³/mol. The van der Waals surface area contributed by atoms with Crippen molar-refractivity contribution in [1.82, 2.24) is 0 Å². The Bertz CT molecular complexity index is 1480. The lowest BCUT2D eigenvalue weighted by Gasteiger charge is -2.14. The summed E-state index contributed by atoms with van der Waals surface area (Å²) in [5.74, 6) is 0. The molecule has 0 aliphatic heterocycles. The molecule has 1 heteroatoms. The molecule has 6 rings (SSSR count). The van der Waals surface area contributed by atoms with Gasteiger partial charge in [0.15, 0.2) is 0 Å². The molecule has 27 heavy (non-hydrogen) atoms. The summed E-state index contributed by atoms with van der Waals surface area (Å²) in [5.41, 5.74) is 7.34. The molecule has 6 aromatic rings. The van der Waals surface area contributed by atoms with Crippen molar-refractivity contribution in [1.29, 1.82) is 0 Å². The third-order valence-electron chi connectivity index (χ3n) is 5.74. The van der Waals surface area contributed by atoms with Gasteiger partial charge in [0, 0.05) is 16.5 Å². The zero-order valence-electron chi connectivity index (χ0n) is 14.7. The van der Waals surface area contributed by atoms with E-state index >= 15 is 0 Å². The first-order valence-electron chi connectivity index (χ1n) is 9.25. The van der Waals surface area contributed by atoms with Crippen LogP contribution in [0.3, 0.4) is 0 Å². The van der Waals surface area contributed by atoms with Gasteiger partial charge in [-0.3, -0.25) is 0 Å². The lowest BCUT2D eigenvalue weighted by atomic mass is 9.90. The van der Waals surface area contributed by atoms with E-state index in [4.69, 9.17) is 5.73 Å². The summed E-state index contributed by atoms with van der Waals surface area (Å²) in [6, 6.07) is 32.5. The van der Waals surface area contributed by atoms with Crippen LogP contribution in [-0.4, -0.2) is 0 Å². The Balaban J connectivity index is 2.05. The number of hydrogen-bond donors (Lipinski definition) is 1. The normalized spacial score (nSPS) is 11.9. The predicted octanol–water partition coefficient (Wildman–Crippen LogP) is 7.03. The van der Waals surface area contributed by atoms with Gasteiger partial charge in [-0.2, -0.15) is 0 Å². The molecule has 0 atom stereocenters. The second-order valence-electron chi connectivity index (χ2n) is 7.22. The van der Waals surface area contributed by atoms with Crippen LogP contribution in [0.1, 0.15) is 0 Å². The molecule has 2 N–H and O–H groups in total. The third-order valence-corrected chi connectivity index (χ3v) is 5.74. The maximum atomic E-state index is 6.50. The van der Waals surface area contributed by atoms with Gasteiger partial charge in [0.25, 0.3) is 0 Å². The molecule has 0 radical (unpaired) electrons. The van der Waals surface area contributed by atoms with Crippen molar-refractivity contribution in [2.75, 3.05) is 5.73 Å². The van der Waals surface area contributed by atoms with Gasteiger partial charge in [-0.05, 0) is 49.2 Å². The fraction of sp³-hybridized carbons (Fsp3) is 0. The SMILES string of the molecule is Nc1cc2ccc3ccccc3c2c2c1ccc1ccc3ccccc3c12. The highest BCUT2D eigenvalue weighted by atomic mass is 14.6. The van der Waals surface area contributed by atoms with E-state index in [0.717, 1.165) is 11.1 Å². The van der Waals surface area contributed by atoms with Gasteiger partial charge in [-0.1, -0.05) is 84.9 Å². The van der Waals surface area contributed by atoms with Crippen LogP contribution < -0.4 is 5.73 Å². The van der Waals surface area contributed by atoms with Crippen molar-refractivity contribution in [2.24, 2.45) is 0 Å². The first kappa shape index (κ1) is 14.6. The van der Waals surface area contributed by atoms with E-state index in [1.165, 1.54) is 48.5 Å². The fourth-order valence-electron chi connectivity index (χ4n) is 4.53. The second-order valence-corrected chi connectivity index (χ2v) is 7.22. The van der Waals surface area contributed by atoms with Crippen LogP contribution in [0.2, 0.25) is 0 Å². The van der Waals surface area contributed by atoms with E-state index < -0.39 is 0 Å². The molecule has 0 aliphatic rings. The maximum absolute atomic E-state index is 6.50. The Morgan fingerprint density at radius 2 is 0.926 bits per heavy atom. The Hall–Kier alpha value is -3.58. The van der Waals surface area contributed by atoms with Crippen LogP contribution in [-0.2, 0) is 0 Å². The average molecular weight is 343 g/mol. The summed E-state index contributed by atoms with van der Waals surface area (Å²) in [5, 5.41) is 12.5. The van der Waals surface area contributed by atoms with Gasteiger partial charge < -0.3 is 5.73 Å². The summed E-state index contributed by atoms with van der Waals surface area (Å²) in [7, 11) is 0. The number of hydrogen-bond acceptors (Lipinski definition) is 1. The molecule has 0 saturated heterocycles. The van der Waals surface area contributed by atoms with Crippen LogP contribution >= 0.6 is 0 Å². The van der Waals surface area contributed by atoms with Crippen molar-refractivity contribution >= 4 is 59.5 Å². The largest absolute Gasteiger partial charge is 0.398 e. The zero-order chi connectivity index (χ0) is 18.0. The van der Waals surface area contributed by atoms with E-state index in [1.807, 2.05) is 0 Å². The fourth-order valence-corrected chi connectivity index (χ4v) is 4.53. The molecule has 0 saturated carbocycles. The zero-order valence-corrected chi connectivity index (χ0v) is 14.7. The van der Waals surface area contributed by atoms with E-state index in [9.17, 15) is 0 Å². The number of fused-ring (bicyclic) bond motifs is 9. The van der Waals surface area contributed by atoms with Gasteiger partial charge in [0.2, 0.25) is 0 Å². The summed E-state index contributed by atoms with van der Waals surface area (Å²) in [6.45, 7) is 0. The van der Waals surface area contributed by atoms with Crippen LogP contribution in [0.25, 0.3) is 53.9 Å². The highest BCUT2D eigenvalue weighted by Gasteiger charge is 2.13. The van der Waals surface area contributed by atoms with E-state index in [0.29, 0.717) is 0 Å². The highest BCUT2D eigenvalue weighted by Crippen LogP contribution is 2.41. The van der Waals surface area contributed by atoms with Crippen molar-refractivity contribution in [3.63, 3.8) is 0 Å². The smallest absolute Gasteiger partial charge is 0.0400 e. The minimum atomic E-state index is 0.836. The number of anilines is 1. The minimum absolute atomic E-state index is 0.836. The van der Waals surface area contributed by atoms with Crippen molar-refractivity contribution in [3.8, 4) is 0 Å². The summed E-state index contributed by atoms with van der Waals surface area (Å²) < 4.78 is 0. The van der Waals surface area contributed by atoms with Gasteiger partial charge in [-0.15, -0.1) is 0 Å². The van der Waals surface area contributed by atoms with Crippen LogP contribution in [0.4, 0.5) is 5.69 Å². The molecule has 0 aromatic heterocycles. The lowest BCUT2D eigenvalue weighted by Crippen LogP contribution is -1.91. The Morgan fingerprint density at radius 3 is 1.63 bits per heavy atom. The minimum Gasteiger partial charge on any atom is -0.398 e. The van der Waals surface area contributed by atoms with Gasteiger partial charge in [-0.25, -0.2) is 0 Å². The molecule has 0 bridgehead atoms. The molecular formula is C26H17N. The number of nitrogens with two attached hydrogens (primary N) is 1. The molecule has 0 unspecified atom stereocenters. The van der Waals surface area contributed by atoms with Crippen LogP contribution in [0.5, 0.6) is 0 Å². The van der Waals surface area contributed by atoms with Crippen molar-refractivity contribution in [2.45, 2.75) is 0 Å². The molecule has 6 aromatic carbocycles. The summed E-state index contributed by atoms with van der Waals surface area (Å²) >= 11 is 0. The van der Waals surface area contributed by atoms with Crippen molar-refractivity contribution < 1.29 is 0 Å². The standard InChI is InChI=1S/C26H17N/c27-23-15-19-12-10-17-6-2-4-8-21(17)25(19)26-22(23)14-13-18-11-9-16-5-1-3-7-20(16)24(18)26/h1-15H,27H2. The molecule has 0 aliphatic carbocycles. The lowest BCUT2D eigenvalue weighted by molar-refractivity contribution is 1.77. The van der Waals surface area contributed by atoms with Crippen LogP contribution in [0.15, 0.2) is 91.0 Å². The topological polar surface area (TPSA) is 26.0 Å². The quantitative estimate of drug-likeness (QED) is 0.232. The molecule has 0 heterocycles. The average Bonchev–Trinajstić information content (AvgIpc) is 2.72. The molecule has 0 amide bonds. The van der Waals surface area contributed by atoms with E-state index in [-0.39, 0.29) is 0 Å². The third kappa shape index (κ3) is 1.94. The number of rotatable bonds is 0. The summed E-state index contributed by atoms with van der Waals surface area (Å²) in [6.07, 6.45) is 0. The van der Waals surface area contributed by atoms with Gasteiger partial charge >= 0.3 is 0 Å². The van der Waals surface area contributed by atoms with E-state index in [2.05, 4.69) is 91.0 Å². The molecule has 0 spiro atoms. The van der Waals surface area contributed by atoms with Crippen LogP contribution in [0, 0.1) is 0 Å². The molecular weight excluding hydrogens is 326 g/mol. The second kappa shape index (κ2) is 5.21. The first-order chi connectivity index (χ1) is 13.3. The van der Waals surface area contributed by atoms with Crippen molar-refractivity contribution in [3.05, 3.63) is 91.0 Å². The molecule has 126 valence electrons. The monoisotopic (exact) mass is 343 g/mol. The van der Waals surface area contributed by atoms with Gasteiger partial charge in [0.05, 0.1) is 0 Å². The Labute approximate surface area is 156 Å². The maximum Gasteiger partial charge on any atom is 0.0400 e. The molecule has 0 fully saturated rings. The summed E-state index contributed by atoms with van der Waals surface area (Å²) in [4.78, 5) is 0. The first-order valence-corrected chi connectivity index (χ1v) is 9.25. The Morgan fingerprint density at radius 1 is 0.407 bits per heavy atom.